The van der Waals surface area contributed by atoms with Gasteiger partial charge >= 0.3 is 0 Å². The molecular formula is C24H24N6O2. The molecule has 1 saturated heterocycles. The van der Waals surface area contributed by atoms with Crippen molar-refractivity contribution in [3.63, 3.8) is 0 Å². The Balaban J connectivity index is 1.47. The average molecular weight is 428 g/mol. The Kier molecular flexibility index (Phi) is 5.26. The highest BCUT2D eigenvalue weighted by Gasteiger charge is 2.35. The summed E-state index contributed by atoms with van der Waals surface area (Å²) >= 11 is 0. The first-order valence-corrected chi connectivity index (χ1v) is 10.9. The Morgan fingerprint density at radius 1 is 1.12 bits per heavy atom. The molecule has 1 atom stereocenters. The number of likely N-dealkylation sites (tertiary alicyclic amines) is 1. The molecule has 8 heteroatoms. The average Bonchev–Trinajstić information content (AvgIpc) is 3.59. The van der Waals surface area contributed by atoms with Crippen molar-refractivity contribution in [3.05, 3.63) is 77.4 Å². The number of nitrogens with zero attached hydrogens (tertiary/aromatic N) is 6. The van der Waals surface area contributed by atoms with Crippen LogP contribution in [0.4, 0.5) is 0 Å². The quantitative estimate of drug-likeness (QED) is 0.474. The van der Waals surface area contributed by atoms with Gasteiger partial charge in [-0.1, -0.05) is 36.8 Å². The van der Waals surface area contributed by atoms with E-state index in [-0.39, 0.29) is 11.9 Å². The first-order chi connectivity index (χ1) is 15.7. The molecule has 1 amide bonds. The molecule has 3 heterocycles. The number of hydrogen-bond donors (Lipinski definition) is 0. The number of rotatable bonds is 5. The van der Waals surface area contributed by atoms with Crippen LogP contribution in [0.3, 0.4) is 0 Å². The predicted molar refractivity (Wildman–Crippen MR) is 118 cm³/mol. The van der Waals surface area contributed by atoms with Crippen LogP contribution in [-0.2, 0) is 6.42 Å². The third-order valence-electron chi connectivity index (χ3n) is 5.88. The van der Waals surface area contributed by atoms with Crippen molar-refractivity contribution in [2.75, 3.05) is 6.54 Å². The summed E-state index contributed by atoms with van der Waals surface area (Å²) in [6.45, 7) is 4.70. The van der Waals surface area contributed by atoms with Gasteiger partial charge in [0.05, 0.1) is 23.6 Å². The number of hydrogen-bond acceptors (Lipinski definition) is 6. The molecule has 1 fully saturated rings. The molecule has 4 aromatic rings. The number of amides is 1. The third-order valence-corrected chi connectivity index (χ3v) is 5.88. The molecule has 0 aliphatic carbocycles. The van der Waals surface area contributed by atoms with Crippen molar-refractivity contribution in [3.8, 4) is 17.1 Å². The van der Waals surface area contributed by atoms with E-state index < -0.39 is 0 Å². The van der Waals surface area contributed by atoms with E-state index in [9.17, 15) is 4.79 Å². The molecule has 2 aromatic heterocycles. The molecule has 1 aliphatic heterocycles. The van der Waals surface area contributed by atoms with Crippen LogP contribution >= 0.6 is 0 Å². The lowest BCUT2D eigenvalue weighted by Gasteiger charge is -2.23. The fourth-order valence-corrected chi connectivity index (χ4v) is 4.27. The minimum atomic E-state index is -0.253. The summed E-state index contributed by atoms with van der Waals surface area (Å²) in [6, 6.07) is 13.5. The maximum Gasteiger partial charge on any atom is 0.256 e. The zero-order valence-electron chi connectivity index (χ0n) is 18.1. The van der Waals surface area contributed by atoms with E-state index in [1.807, 2.05) is 48.2 Å². The summed E-state index contributed by atoms with van der Waals surface area (Å²) in [5.41, 5.74) is 4.30. The van der Waals surface area contributed by atoms with Gasteiger partial charge in [-0.15, -0.1) is 10.2 Å². The summed E-state index contributed by atoms with van der Waals surface area (Å²) in [4.78, 5) is 16.9. The zero-order valence-corrected chi connectivity index (χ0v) is 18.1. The Labute approximate surface area is 185 Å². The highest BCUT2D eigenvalue weighted by Crippen LogP contribution is 2.35. The lowest BCUT2D eigenvalue weighted by atomic mass is 10.1. The predicted octanol–water partition coefficient (Wildman–Crippen LogP) is 4.17. The van der Waals surface area contributed by atoms with E-state index in [1.54, 1.807) is 12.4 Å². The van der Waals surface area contributed by atoms with Crippen LogP contribution in [0.1, 0.15) is 53.2 Å². The van der Waals surface area contributed by atoms with E-state index >= 15 is 0 Å². The monoisotopic (exact) mass is 428 g/mol. The van der Waals surface area contributed by atoms with Crippen LogP contribution in [0.5, 0.6) is 0 Å². The van der Waals surface area contributed by atoms with Crippen molar-refractivity contribution in [1.82, 2.24) is 30.1 Å². The van der Waals surface area contributed by atoms with Gasteiger partial charge in [0.1, 0.15) is 6.04 Å². The number of carbonyl (C=O) groups is 1. The molecule has 8 nitrogen and oxygen atoms in total. The van der Waals surface area contributed by atoms with Gasteiger partial charge in [-0.3, -0.25) is 4.79 Å². The second-order valence-electron chi connectivity index (χ2n) is 7.95. The zero-order chi connectivity index (χ0) is 22.1. The van der Waals surface area contributed by atoms with Crippen molar-refractivity contribution in [1.29, 1.82) is 0 Å². The van der Waals surface area contributed by atoms with Crippen molar-refractivity contribution < 1.29 is 9.21 Å². The molecule has 0 bridgehead atoms. The van der Waals surface area contributed by atoms with Crippen molar-refractivity contribution in [2.45, 2.75) is 39.2 Å². The highest BCUT2D eigenvalue weighted by atomic mass is 16.4. The first kappa shape index (κ1) is 20.1. The first-order valence-electron chi connectivity index (χ1n) is 10.9. The van der Waals surface area contributed by atoms with E-state index in [0.717, 1.165) is 36.0 Å². The van der Waals surface area contributed by atoms with Crippen molar-refractivity contribution >= 4 is 5.91 Å². The maximum atomic E-state index is 13.6. The summed E-state index contributed by atoms with van der Waals surface area (Å²) in [6.07, 6.45) is 5.73. The van der Waals surface area contributed by atoms with Gasteiger partial charge in [0.15, 0.2) is 0 Å². The van der Waals surface area contributed by atoms with E-state index in [0.29, 0.717) is 29.6 Å². The molecule has 1 aliphatic rings. The third kappa shape index (κ3) is 3.57. The molecular weight excluding hydrogens is 404 g/mol. The molecule has 162 valence electrons. The van der Waals surface area contributed by atoms with Crippen LogP contribution in [0.2, 0.25) is 0 Å². The fraction of sp³-hybridized carbons (Fsp3) is 0.292. The minimum Gasteiger partial charge on any atom is -0.418 e. The minimum absolute atomic E-state index is 0.0859. The largest absolute Gasteiger partial charge is 0.418 e. The Morgan fingerprint density at radius 3 is 2.75 bits per heavy atom. The lowest BCUT2D eigenvalue weighted by molar-refractivity contribution is 0.0715. The van der Waals surface area contributed by atoms with Gasteiger partial charge < -0.3 is 9.32 Å². The molecule has 32 heavy (non-hydrogen) atoms. The smallest absolute Gasteiger partial charge is 0.256 e. The van der Waals surface area contributed by atoms with Crippen LogP contribution < -0.4 is 0 Å². The highest BCUT2D eigenvalue weighted by molar-refractivity contribution is 5.98. The van der Waals surface area contributed by atoms with Gasteiger partial charge in [0.2, 0.25) is 11.8 Å². The second-order valence-corrected chi connectivity index (χ2v) is 7.95. The molecule has 0 spiro atoms. The maximum absolute atomic E-state index is 13.6. The van der Waals surface area contributed by atoms with Crippen LogP contribution in [0, 0.1) is 6.92 Å². The molecule has 5 rings (SSSR count). The van der Waals surface area contributed by atoms with Gasteiger partial charge in [-0.2, -0.15) is 15.0 Å². The number of carbonyl (C=O) groups excluding carboxylic acids is 1. The van der Waals surface area contributed by atoms with Crippen LogP contribution in [0.25, 0.3) is 17.1 Å². The topological polar surface area (TPSA) is 89.9 Å². The van der Waals surface area contributed by atoms with Crippen LogP contribution in [0.15, 0.2) is 59.3 Å². The molecule has 0 saturated carbocycles. The summed E-state index contributed by atoms with van der Waals surface area (Å²) in [5.74, 6) is 0.883. The molecule has 2 aromatic carbocycles. The molecule has 1 unspecified atom stereocenters. The van der Waals surface area contributed by atoms with Gasteiger partial charge in [0, 0.05) is 12.1 Å². The fourth-order valence-electron chi connectivity index (χ4n) is 4.27. The Hall–Kier alpha value is -3.81. The second kappa shape index (κ2) is 8.37. The standard InChI is InChI=1S/C24H24N6O2/c1-3-17-7-4-5-8-18(17)22-27-28-23(32-22)21-9-6-14-29(21)24(31)19-15-16(2)10-11-20(19)30-25-12-13-26-30/h4-5,7-8,10-13,15,21H,3,6,9,14H2,1-2H3. The summed E-state index contributed by atoms with van der Waals surface area (Å²) in [7, 11) is 0. The van der Waals surface area contributed by atoms with Gasteiger partial charge in [-0.25, -0.2) is 0 Å². The number of benzene rings is 2. The number of aromatic nitrogens is 5. The summed E-state index contributed by atoms with van der Waals surface area (Å²) < 4.78 is 6.09. The summed E-state index contributed by atoms with van der Waals surface area (Å²) in [5, 5.41) is 17.0. The van der Waals surface area contributed by atoms with Gasteiger partial charge in [-0.05, 0) is 49.9 Å². The van der Waals surface area contributed by atoms with E-state index in [4.69, 9.17) is 4.42 Å². The lowest BCUT2D eigenvalue weighted by Crippen LogP contribution is -2.31. The van der Waals surface area contributed by atoms with Crippen LogP contribution in [-0.4, -0.2) is 42.5 Å². The Morgan fingerprint density at radius 2 is 1.94 bits per heavy atom. The molecule has 0 N–H and O–H groups in total. The molecule has 0 radical (unpaired) electrons. The van der Waals surface area contributed by atoms with E-state index in [2.05, 4.69) is 33.4 Å². The normalized spacial score (nSPS) is 15.9. The van der Waals surface area contributed by atoms with Crippen molar-refractivity contribution in [2.24, 2.45) is 0 Å². The Bertz CT molecular complexity index is 1250. The number of aryl methyl sites for hydroxylation is 2. The van der Waals surface area contributed by atoms with E-state index in [1.165, 1.54) is 4.80 Å². The SMILES string of the molecule is CCc1ccccc1-c1nnc(C2CCCN2C(=O)c2cc(C)ccc2-n2nccn2)o1. The van der Waals surface area contributed by atoms with Gasteiger partial charge in [0.25, 0.3) is 5.91 Å².